The fraction of sp³-hybridized carbons (Fsp3) is 0.583. The van der Waals surface area contributed by atoms with Crippen LogP contribution in [-0.2, 0) is 0 Å². The van der Waals surface area contributed by atoms with Crippen LogP contribution in [0.5, 0.6) is 0 Å². The van der Waals surface area contributed by atoms with Gasteiger partial charge in [0.1, 0.15) is 0 Å². The molecule has 0 spiro atoms. The van der Waals surface area contributed by atoms with E-state index in [1.165, 1.54) is 5.56 Å². The number of thioether (sulfide) groups is 1. The molecule has 0 fully saturated rings. The number of amidine groups is 1. The van der Waals surface area contributed by atoms with Crippen molar-refractivity contribution in [2.24, 2.45) is 10.9 Å². The number of nitrogens with zero attached hydrogens (tertiary/aromatic N) is 1. The van der Waals surface area contributed by atoms with Gasteiger partial charge in [0, 0.05) is 5.75 Å². The first-order valence-corrected chi connectivity index (χ1v) is 7.59. The second kappa shape index (κ2) is 5.23. The third-order valence-electron chi connectivity index (χ3n) is 2.83. The van der Waals surface area contributed by atoms with Crippen molar-refractivity contribution in [3.8, 4) is 0 Å². The van der Waals surface area contributed by atoms with Gasteiger partial charge in [0.2, 0.25) is 0 Å². The highest BCUT2D eigenvalue weighted by Crippen LogP contribution is 2.24. The van der Waals surface area contributed by atoms with Crippen LogP contribution in [0.2, 0.25) is 0 Å². The average Bonchev–Trinajstić information content (AvgIpc) is 2.87. The fourth-order valence-corrected chi connectivity index (χ4v) is 3.61. The summed E-state index contributed by atoms with van der Waals surface area (Å²) in [6, 6.07) is 3.02. The van der Waals surface area contributed by atoms with Gasteiger partial charge >= 0.3 is 0 Å². The van der Waals surface area contributed by atoms with E-state index in [0.717, 1.165) is 10.9 Å². The predicted octanol–water partition coefficient (Wildman–Crippen LogP) is 3.53. The lowest BCUT2D eigenvalue weighted by atomic mass is 10.1. The maximum Gasteiger partial charge on any atom is 0.157 e. The molecule has 2 heterocycles. The number of nitrogens with one attached hydrogen (secondary N) is 1. The highest BCUT2D eigenvalue weighted by atomic mass is 32.2. The summed E-state index contributed by atoms with van der Waals surface area (Å²) < 4.78 is 0. The van der Waals surface area contributed by atoms with Gasteiger partial charge in [-0.3, -0.25) is 4.99 Å². The van der Waals surface area contributed by atoms with Gasteiger partial charge in [-0.2, -0.15) is 11.3 Å². The Morgan fingerprint density at radius 3 is 2.81 bits per heavy atom. The van der Waals surface area contributed by atoms with E-state index >= 15 is 0 Å². The molecule has 2 atom stereocenters. The van der Waals surface area contributed by atoms with Gasteiger partial charge < -0.3 is 5.32 Å². The number of hydrogen-bond acceptors (Lipinski definition) is 4. The minimum atomic E-state index is 0.364. The molecule has 2 unspecified atom stereocenters. The molecule has 1 aliphatic heterocycles. The van der Waals surface area contributed by atoms with Crippen LogP contribution in [0, 0.1) is 5.92 Å². The van der Waals surface area contributed by atoms with Gasteiger partial charge in [-0.1, -0.05) is 25.6 Å². The Labute approximate surface area is 106 Å². The Kier molecular flexibility index (Phi) is 3.92. The largest absolute Gasteiger partial charge is 0.358 e. The van der Waals surface area contributed by atoms with Crippen LogP contribution in [0.4, 0.5) is 0 Å². The van der Waals surface area contributed by atoms with E-state index in [9.17, 15) is 0 Å². The minimum Gasteiger partial charge on any atom is -0.358 e. The second-order valence-corrected chi connectivity index (χ2v) is 6.27. The standard InChI is InChI=1S/C12H18N2S2/c1-8(2)11-7-16-12(14-11)13-9(3)10-4-5-15-6-10/h4-6,8-9,11H,7H2,1-3H3,(H,13,14). The summed E-state index contributed by atoms with van der Waals surface area (Å²) in [4.78, 5) is 4.71. The zero-order valence-electron chi connectivity index (χ0n) is 9.93. The third-order valence-corrected chi connectivity index (χ3v) is 4.53. The predicted molar refractivity (Wildman–Crippen MR) is 74.4 cm³/mol. The van der Waals surface area contributed by atoms with E-state index in [2.05, 4.69) is 42.9 Å². The summed E-state index contributed by atoms with van der Waals surface area (Å²) >= 11 is 3.59. The Morgan fingerprint density at radius 1 is 1.44 bits per heavy atom. The number of aliphatic imine (C=N–C) groups is 1. The summed E-state index contributed by atoms with van der Waals surface area (Å²) in [7, 11) is 0. The average molecular weight is 254 g/mol. The molecule has 4 heteroatoms. The maximum absolute atomic E-state index is 4.71. The Balaban J connectivity index is 1.94. The molecule has 1 aromatic rings. The molecule has 0 bridgehead atoms. The molecule has 0 saturated heterocycles. The zero-order chi connectivity index (χ0) is 11.5. The summed E-state index contributed by atoms with van der Waals surface area (Å²) in [5, 5.41) is 8.91. The number of rotatable bonds is 3. The lowest BCUT2D eigenvalue weighted by molar-refractivity contribution is 0.541. The van der Waals surface area contributed by atoms with E-state index < -0.39 is 0 Å². The first kappa shape index (κ1) is 12.0. The van der Waals surface area contributed by atoms with E-state index in [-0.39, 0.29) is 0 Å². The molecular weight excluding hydrogens is 236 g/mol. The molecule has 0 radical (unpaired) electrons. The van der Waals surface area contributed by atoms with Gasteiger partial charge in [-0.15, -0.1) is 0 Å². The minimum absolute atomic E-state index is 0.364. The van der Waals surface area contributed by atoms with Gasteiger partial charge in [0.25, 0.3) is 0 Å². The van der Waals surface area contributed by atoms with Crippen molar-refractivity contribution in [3.63, 3.8) is 0 Å². The van der Waals surface area contributed by atoms with E-state index in [1.54, 1.807) is 11.3 Å². The summed E-state index contributed by atoms with van der Waals surface area (Å²) in [5.74, 6) is 1.76. The SMILES string of the molecule is CC(NC1=NC(C(C)C)CS1)c1ccsc1. The first-order valence-electron chi connectivity index (χ1n) is 5.66. The van der Waals surface area contributed by atoms with Crippen molar-refractivity contribution in [3.05, 3.63) is 22.4 Å². The molecule has 0 amide bonds. The summed E-state index contributed by atoms with van der Waals surface area (Å²) in [6.07, 6.45) is 0. The van der Waals surface area contributed by atoms with Crippen LogP contribution in [0.15, 0.2) is 21.8 Å². The second-order valence-electron chi connectivity index (χ2n) is 4.48. The van der Waals surface area contributed by atoms with E-state index in [4.69, 9.17) is 4.99 Å². The van der Waals surface area contributed by atoms with E-state index in [1.807, 2.05) is 11.8 Å². The Morgan fingerprint density at radius 2 is 2.25 bits per heavy atom. The molecular formula is C12H18N2S2. The van der Waals surface area contributed by atoms with Crippen molar-refractivity contribution in [1.82, 2.24) is 5.32 Å². The molecule has 2 nitrogen and oxygen atoms in total. The fourth-order valence-electron chi connectivity index (χ4n) is 1.60. The molecule has 0 saturated carbocycles. The van der Waals surface area contributed by atoms with Crippen LogP contribution < -0.4 is 5.32 Å². The quantitative estimate of drug-likeness (QED) is 0.892. The molecule has 1 aromatic heterocycles. The molecule has 2 rings (SSSR count). The zero-order valence-corrected chi connectivity index (χ0v) is 11.6. The molecule has 0 aliphatic carbocycles. The number of thiophene rings is 1. The van der Waals surface area contributed by atoms with Crippen LogP contribution in [0.3, 0.4) is 0 Å². The van der Waals surface area contributed by atoms with Crippen molar-refractivity contribution in [2.45, 2.75) is 32.9 Å². The van der Waals surface area contributed by atoms with Crippen LogP contribution in [-0.4, -0.2) is 17.0 Å². The molecule has 1 N–H and O–H groups in total. The van der Waals surface area contributed by atoms with Crippen molar-refractivity contribution < 1.29 is 0 Å². The highest BCUT2D eigenvalue weighted by Gasteiger charge is 2.22. The lowest BCUT2D eigenvalue weighted by Crippen LogP contribution is -2.22. The topological polar surface area (TPSA) is 24.4 Å². The maximum atomic E-state index is 4.71. The Bertz CT molecular complexity index is 357. The van der Waals surface area contributed by atoms with Crippen LogP contribution >= 0.6 is 23.1 Å². The Hall–Kier alpha value is -0.480. The number of hydrogen-bond donors (Lipinski definition) is 1. The third kappa shape index (κ3) is 2.80. The van der Waals surface area contributed by atoms with E-state index in [0.29, 0.717) is 18.0 Å². The first-order chi connectivity index (χ1) is 7.66. The van der Waals surface area contributed by atoms with Gasteiger partial charge in [-0.05, 0) is 35.2 Å². The summed E-state index contributed by atoms with van der Waals surface area (Å²) in [5.41, 5.74) is 1.35. The highest BCUT2D eigenvalue weighted by molar-refractivity contribution is 8.14. The monoisotopic (exact) mass is 254 g/mol. The van der Waals surface area contributed by atoms with Gasteiger partial charge in [-0.25, -0.2) is 0 Å². The normalized spacial score (nSPS) is 22.2. The summed E-state index contributed by atoms with van der Waals surface area (Å²) in [6.45, 7) is 6.66. The van der Waals surface area contributed by atoms with Crippen molar-refractivity contribution >= 4 is 28.3 Å². The van der Waals surface area contributed by atoms with Crippen LogP contribution in [0.1, 0.15) is 32.4 Å². The molecule has 0 aromatic carbocycles. The smallest absolute Gasteiger partial charge is 0.157 e. The van der Waals surface area contributed by atoms with Crippen molar-refractivity contribution in [2.75, 3.05) is 5.75 Å². The van der Waals surface area contributed by atoms with Gasteiger partial charge in [0.05, 0.1) is 12.1 Å². The van der Waals surface area contributed by atoms with Crippen LogP contribution in [0.25, 0.3) is 0 Å². The molecule has 16 heavy (non-hydrogen) atoms. The lowest BCUT2D eigenvalue weighted by Gasteiger charge is -2.12. The van der Waals surface area contributed by atoms with Crippen molar-refractivity contribution in [1.29, 1.82) is 0 Å². The molecule has 1 aliphatic rings. The van der Waals surface area contributed by atoms with Gasteiger partial charge in [0.15, 0.2) is 5.17 Å². The molecule has 88 valence electrons.